The molecule has 0 radical (unpaired) electrons. The average molecular weight is 319 g/mol. The molecule has 0 aliphatic carbocycles. The number of carbonyl (C=O) groups is 1. The van der Waals surface area contributed by atoms with Crippen LogP contribution in [0.2, 0.25) is 0 Å². The lowest BCUT2D eigenvalue weighted by atomic mass is 10.0. The summed E-state index contributed by atoms with van der Waals surface area (Å²) in [6.45, 7) is 4.11. The molecule has 0 saturated carbocycles. The van der Waals surface area contributed by atoms with Crippen molar-refractivity contribution >= 4 is 16.2 Å². The summed E-state index contributed by atoms with van der Waals surface area (Å²) in [5, 5.41) is 3.26. The fourth-order valence-electron chi connectivity index (χ4n) is 2.84. The van der Waals surface area contributed by atoms with E-state index < -0.39 is 10.2 Å². The molecule has 2 atom stereocenters. The Morgan fingerprint density at radius 3 is 2.86 bits per heavy atom. The number of nitrogens with one attached hydrogen (secondary N) is 2. The number of carbonyl (C=O) groups excluding carboxylic acids is 1. The first kappa shape index (κ1) is 16.7. The minimum atomic E-state index is -3.52. The van der Waals surface area contributed by atoms with Gasteiger partial charge in [-0.1, -0.05) is 0 Å². The number of hydrogen-bond acceptors (Lipinski definition) is 5. The Bertz CT molecular complexity index is 448. The minimum Gasteiger partial charge on any atom is -0.466 e. The lowest BCUT2D eigenvalue weighted by molar-refractivity contribution is -0.149. The van der Waals surface area contributed by atoms with Gasteiger partial charge in [0.1, 0.15) is 0 Å². The summed E-state index contributed by atoms with van der Waals surface area (Å²) in [6, 6.07) is 0.213. The van der Waals surface area contributed by atoms with Crippen molar-refractivity contribution in [2.24, 2.45) is 5.92 Å². The molecule has 2 aliphatic heterocycles. The summed E-state index contributed by atoms with van der Waals surface area (Å²) >= 11 is 0. The van der Waals surface area contributed by atoms with Gasteiger partial charge >= 0.3 is 5.97 Å². The molecule has 8 heteroatoms. The van der Waals surface area contributed by atoms with Crippen LogP contribution >= 0.6 is 0 Å². The van der Waals surface area contributed by atoms with Gasteiger partial charge in [0.15, 0.2) is 0 Å². The molecule has 122 valence electrons. The van der Waals surface area contributed by atoms with Gasteiger partial charge in [-0.15, -0.1) is 0 Å². The molecular weight excluding hydrogens is 294 g/mol. The zero-order chi connectivity index (χ0) is 15.3. The second-order valence-corrected chi connectivity index (χ2v) is 7.35. The maximum absolute atomic E-state index is 12.3. The van der Waals surface area contributed by atoms with Crippen molar-refractivity contribution in [2.45, 2.75) is 38.6 Å². The molecule has 0 amide bonds. The second kappa shape index (κ2) is 7.53. The normalized spacial score (nSPS) is 27.7. The van der Waals surface area contributed by atoms with Crippen LogP contribution in [-0.4, -0.2) is 57.5 Å². The monoisotopic (exact) mass is 319 g/mol. The van der Waals surface area contributed by atoms with Crippen LogP contribution in [0, 0.1) is 5.92 Å². The Balaban J connectivity index is 1.87. The van der Waals surface area contributed by atoms with Crippen molar-refractivity contribution in [3.05, 3.63) is 0 Å². The lowest BCUT2D eigenvalue weighted by Gasteiger charge is -2.31. The van der Waals surface area contributed by atoms with Crippen molar-refractivity contribution < 1.29 is 17.9 Å². The number of nitrogens with zero attached hydrogens (tertiary/aromatic N) is 1. The van der Waals surface area contributed by atoms with Crippen LogP contribution < -0.4 is 10.0 Å². The topological polar surface area (TPSA) is 87.7 Å². The first-order chi connectivity index (χ1) is 10.0. The molecule has 2 N–H and O–H groups in total. The Hall–Kier alpha value is -0.700. The molecular formula is C13H25N3O4S. The van der Waals surface area contributed by atoms with Crippen molar-refractivity contribution in [1.82, 2.24) is 14.3 Å². The summed E-state index contributed by atoms with van der Waals surface area (Å²) in [5.74, 6) is -0.644. The molecule has 0 aromatic carbocycles. The van der Waals surface area contributed by atoms with Crippen molar-refractivity contribution in [3.8, 4) is 0 Å². The lowest BCUT2D eigenvalue weighted by Crippen LogP contribution is -2.49. The predicted octanol–water partition coefficient (Wildman–Crippen LogP) is -0.152. The third-order valence-corrected chi connectivity index (χ3v) is 5.56. The van der Waals surface area contributed by atoms with E-state index in [4.69, 9.17) is 4.74 Å². The molecule has 0 bridgehead atoms. The molecule has 2 heterocycles. The van der Waals surface area contributed by atoms with Gasteiger partial charge < -0.3 is 10.1 Å². The van der Waals surface area contributed by atoms with Gasteiger partial charge in [-0.2, -0.15) is 12.7 Å². The zero-order valence-corrected chi connectivity index (χ0v) is 13.3. The van der Waals surface area contributed by atoms with Gasteiger partial charge in [-0.3, -0.25) is 4.79 Å². The van der Waals surface area contributed by atoms with E-state index in [2.05, 4.69) is 10.0 Å². The maximum Gasteiger partial charge on any atom is 0.310 e. The Labute approximate surface area is 126 Å². The quantitative estimate of drug-likeness (QED) is 0.665. The summed E-state index contributed by atoms with van der Waals surface area (Å²) in [7, 11) is -3.52. The van der Waals surface area contributed by atoms with Gasteiger partial charge in [0.05, 0.1) is 12.5 Å². The van der Waals surface area contributed by atoms with Gasteiger partial charge in [0.2, 0.25) is 0 Å². The number of ether oxygens (including phenoxy) is 1. The number of piperidine rings is 1. The molecule has 0 spiro atoms. The third-order valence-electron chi connectivity index (χ3n) is 4.02. The SMILES string of the molecule is CCOC(=O)C1CCCN(S(=O)(=O)NCC2CCCN2)C1. The molecule has 0 aromatic rings. The predicted molar refractivity (Wildman–Crippen MR) is 78.9 cm³/mol. The van der Waals surface area contributed by atoms with Crippen LogP contribution in [0.5, 0.6) is 0 Å². The van der Waals surface area contributed by atoms with Crippen molar-refractivity contribution in [2.75, 3.05) is 32.8 Å². The van der Waals surface area contributed by atoms with Gasteiger partial charge in [0.25, 0.3) is 10.2 Å². The van der Waals surface area contributed by atoms with E-state index in [9.17, 15) is 13.2 Å². The summed E-state index contributed by atoms with van der Waals surface area (Å²) in [4.78, 5) is 11.8. The van der Waals surface area contributed by atoms with Crippen LogP contribution in [0.1, 0.15) is 32.6 Å². The number of esters is 1. The highest BCUT2D eigenvalue weighted by atomic mass is 32.2. The largest absolute Gasteiger partial charge is 0.466 e. The zero-order valence-electron chi connectivity index (χ0n) is 12.5. The molecule has 0 aromatic heterocycles. The van der Waals surface area contributed by atoms with Gasteiger partial charge in [-0.25, -0.2) is 4.72 Å². The van der Waals surface area contributed by atoms with E-state index in [1.54, 1.807) is 6.92 Å². The molecule has 2 saturated heterocycles. The van der Waals surface area contributed by atoms with Gasteiger partial charge in [0, 0.05) is 25.7 Å². The molecule has 2 aliphatic rings. The van der Waals surface area contributed by atoms with Crippen LogP contribution in [0.4, 0.5) is 0 Å². The van der Waals surface area contributed by atoms with E-state index >= 15 is 0 Å². The molecule has 2 fully saturated rings. The maximum atomic E-state index is 12.3. The Morgan fingerprint density at radius 2 is 2.19 bits per heavy atom. The Kier molecular flexibility index (Phi) is 5.98. The summed E-state index contributed by atoms with van der Waals surface area (Å²) in [6.07, 6.45) is 3.45. The fraction of sp³-hybridized carbons (Fsp3) is 0.923. The van der Waals surface area contributed by atoms with Crippen LogP contribution in [0.3, 0.4) is 0 Å². The number of rotatable bonds is 6. The standard InChI is InChI=1S/C13H25N3O4S/c1-2-20-13(17)11-5-4-8-16(10-11)21(18,19)15-9-12-6-3-7-14-12/h11-12,14-15H,2-10H2,1H3. The van der Waals surface area contributed by atoms with Crippen LogP contribution in [-0.2, 0) is 19.7 Å². The first-order valence-electron chi connectivity index (χ1n) is 7.67. The van der Waals surface area contributed by atoms with E-state index in [1.807, 2.05) is 0 Å². The molecule has 2 rings (SSSR count). The smallest absolute Gasteiger partial charge is 0.310 e. The molecule has 7 nitrogen and oxygen atoms in total. The highest BCUT2D eigenvalue weighted by molar-refractivity contribution is 7.87. The number of hydrogen-bond donors (Lipinski definition) is 2. The van der Waals surface area contributed by atoms with E-state index in [0.717, 1.165) is 19.4 Å². The molecule has 2 unspecified atom stereocenters. The van der Waals surface area contributed by atoms with E-state index in [0.29, 0.717) is 32.5 Å². The average Bonchev–Trinajstić information content (AvgIpc) is 2.99. The minimum absolute atomic E-state index is 0.213. The highest BCUT2D eigenvalue weighted by Crippen LogP contribution is 2.20. The van der Waals surface area contributed by atoms with Crippen molar-refractivity contribution in [3.63, 3.8) is 0 Å². The van der Waals surface area contributed by atoms with E-state index in [-0.39, 0.29) is 24.5 Å². The first-order valence-corrected chi connectivity index (χ1v) is 9.11. The summed E-state index contributed by atoms with van der Waals surface area (Å²) < 4.78 is 33.6. The van der Waals surface area contributed by atoms with Crippen molar-refractivity contribution in [1.29, 1.82) is 0 Å². The van der Waals surface area contributed by atoms with Crippen LogP contribution in [0.25, 0.3) is 0 Å². The molecule has 21 heavy (non-hydrogen) atoms. The van der Waals surface area contributed by atoms with Crippen LogP contribution in [0.15, 0.2) is 0 Å². The Morgan fingerprint density at radius 1 is 1.38 bits per heavy atom. The fourth-order valence-corrected chi connectivity index (χ4v) is 4.18. The summed E-state index contributed by atoms with van der Waals surface area (Å²) in [5.41, 5.74) is 0. The second-order valence-electron chi connectivity index (χ2n) is 5.60. The van der Waals surface area contributed by atoms with E-state index in [1.165, 1.54) is 4.31 Å². The highest BCUT2D eigenvalue weighted by Gasteiger charge is 2.33. The third kappa shape index (κ3) is 4.64. The van der Waals surface area contributed by atoms with Gasteiger partial charge in [-0.05, 0) is 39.2 Å².